The van der Waals surface area contributed by atoms with E-state index in [1.807, 2.05) is 32.9 Å². The Kier molecular flexibility index (Phi) is 8.93. The van der Waals surface area contributed by atoms with Gasteiger partial charge in [0.1, 0.15) is 5.60 Å². The van der Waals surface area contributed by atoms with Crippen LogP contribution in [-0.2, 0) is 4.74 Å². The van der Waals surface area contributed by atoms with Crippen LogP contribution in [0.3, 0.4) is 0 Å². The number of ether oxygens (including phenoxy) is 3. The van der Waals surface area contributed by atoms with Crippen LogP contribution in [-0.4, -0.2) is 87.6 Å². The number of carbonyl (C=O) groups is 1. The van der Waals surface area contributed by atoms with Gasteiger partial charge in [0.05, 0.1) is 31.1 Å². The summed E-state index contributed by atoms with van der Waals surface area (Å²) in [5, 5.41) is 5.34. The molecule has 2 heterocycles. The first-order valence-corrected chi connectivity index (χ1v) is 13.9. The number of nitrogens with zero attached hydrogens (tertiary/aromatic N) is 5. The number of methoxy groups -OCH3 is 2. The molecule has 0 bridgehead atoms. The van der Waals surface area contributed by atoms with Crippen molar-refractivity contribution in [2.24, 2.45) is 0 Å². The van der Waals surface area contributed by atoms with Crippen LogP contribution >= 0.6 is 0 Å². The molecule has 0 N–H and O–H groups in total. The molecule has 0 unspecified atom stereocenters. The van der Waals surface area contributed by atoms with Gasteiger partial charge in [-0.05, 0) is 51.5 Å². The summed E-state index contributed by atoms with van der Waals surface area (Å²) in [6.07, 6.45) is 0.750. The van der Waals surface area contributed by atoms with Gasteiger partial charge in [-0.3, -0.25) is 0 Å². The van der Waals surface area contributed by atoms with Crippen LogP contribution in [0.2, 0.25) is 0 Å². The lowest BCUT2D eigenvalue weighted by molar-refractivity contribution is 0.0240. The molecule has 0 aliphatic carbocycles. The van der Waals surface area contributed by atoms with E-state index in [1.54, 1.807) is 19.1 Å². The highest BCUT2D eigenvalue weighted by molar-refractivity contribution is 5.91. The summed E-state index contributed by atoms with van der Waals surface area (Å²) in [4.78, 5) is 21.7. The maximum Gasteiger partial charge on any atom is 0.410 e. The first-order chi connectivity index (χ1) is 19.0. The number of amides is 1. The van der Waals surface area contributed by atoms with Crippen LogP contribution in [0.4, 0.5) is 16.2 Å². The average molecular weight is 550 g/mol. The largest absolute Gasteiger partial charge is 0.493 e. The summed E-state index contributed by atoms with van der Waals surface area (Å²) < 4.78 is 16.7. The molecule has 2 aromatic carbocycles. The van der Waals surface area contributed by atoms with Crippen LogP contribution in [0, 0.1) is 0 Å². The zero-order chi connectivity index (χ0) is 29.0. The van der Waals surface area contributed by atoms with E-state index in [4.69, 9.17) is 19.2 Å². The molecule has 9 heteroatoms. The Morgan fingerprint density at radius 2 is 1.57 bits per heavy atom. The molecule has 4 rings (SSSR count). The molecule has 0 atom stereocenters. The Labute approximate surface area is 238 Å². The average Bonchev–Trinajstić information content (AvgIpc) is 2.93. The van der Waals surface area contributed by atoms with E-state index in [2.05, 4.69) is 66.3 Å². The third kappa shape index (κ3) is 6.53. The van der Waals surface area contributed by atoms with Crippen molar-refractivity contribution in [3.05, 3.63) is 42.5 Å². The van der Waals surface area contributed by atoms with Crippen LogP contribution < -0.4 is 19.4 Å². The molecule has 216 valence electrons. The molecule has 1 aliphatic rings. The minimum atomic E-state index is -0.490. The van der Waals surface area contributed by atoms with E-state index in [0.29, 0.717) is 24.6 Å². The summed E-state index contributed by atoms with van der Waals surface area (Å²) in [7, 11) is 7.39. The molecule has 0 saturated carbocycles. The predicted octanol–water partition coefficient (Wildman–Crippen LogP) is 5.67. The fourth-order valence-electron chi connectivity index (χ4n) is 4.95. The van der Waals surface area contributed by atoms with Crippen molar-refractivity contribution in [1.29, 1.82) is 0 Å². The summed E-state index contributed by atoms with van der Waals surface area (Å²) in [5.74, 6) is 1.33. The lowest BCUT2D eigenvalue weighted by Gasteiger charge is -2.36. The maximum atomic E-state index is 12.5. The van der Waals surface area contributed by atoms with Gasteiger partial charge in [-0.1, -0.05) is 19.1 Å². The molecule has 1 saturated heterocycles. The number of hydrogen-bond acceptors (Lipinski definition) is 8. The van der Waals surface area contributed by atoms with Crippen LogP contribution in [0.1, 0.15) is 34.1 Å². The van der Waals surface area contributed by atoms with Gasteiger partial charge in [0.25, 0.3) is 0 Å². The first kappa shape index (κ1) is 29.3. The van der Waals surface area contributed by atoms with E-state index >= 15 is 0 Å². The predicted molar refractivity (Wildman–Crippen MR) is 162 cm³/mol. The van der Waals surface area contributed by atoms with Crippen LogP contribution in [0.25, 0.3) is 22.2 Å². The van der Waals surface area contributed by atoms with E-state index in [9.17, 15) is 4.79 Å². The van der Waals surface area contributed by atoms with Gasteiger partial charge < -0.3 is 29.0 Å². The monoisotopic (exact) mass is 549 g/mol. The third-order valence-corrected chi connectivity index (χ3v) is 6.93. The molecule has 3 aromatic rings. The highest BCUT2D eigenvalue weighted by atomic mass is 16.6. The van der Waals surface area contributed by atoms with E-state index < -0.39 is 5.60 Å². The minimum Gasteiger partial charge on any atom is -0.493 e. The second-order valence-electron chi connectivity index (χ2n) is 11.2. The van der Waals surface area contributed by atoms with Crippen molar-refractivity contribution in [2.45, 2.75) is 39.7 Å². The fraction of sp³-hybridized carbons (Fsp3) is 0.484. The van der Waals surface area contributed by atoms with Gasteiger partial charge in [0.15, 0.2) is 11.5 Å². The zero-order valence-corrected chi connectivity index (χ0v) is 25.2. The second-order valence-corrected chi connectivity index (χ2v) is 11.2. The number of fused-ring (bicyclic) bond motifs is 1. The minimum absolute atomic E-state index is 0.246. The smallest absolute Gasteiger partial charge is 0.410 e. The summed E-state index contributed by atoms with van der Waals surface area (Å²) >= 11 is 0. The van der Waals surface area contributed by atoms with Crippen molar-refractivity contribution in [2.75, 3.05) is 70.9 Å². The molecular formula is C31H43N5O4. The topological polar surface area (TPSA) is 70.6 Å². The van der Waals surface area contributed by atoms with Gasteiger partial charge in [-0.25, -0.2) is 14.8 Å². The number of hydrogen-bond donors (Lipinski definition) is 0. The zero-order valence-electron chi connectivity index (χ0n) is 25.2. The highest BCUT2D eigenvalue weighted by Gasteiger charge is 2.26. The van der Waals surface area contributed by atoms with Crippen molar-refractivity contribution in [3.63, 3.8) is 0 Å². The second kappa shape index (κ2) is 12.2. The van der Waals surface area contributed by atoms with Crippen LogP contribution in [0.5, 0.6) is 11.5 Å². The molecule has 1 fully saturated rings. The van der Waals surface area contributed by atoms with E-state index in [1.165, 1.54) is 0 Å². The number of pyridine rings is 1. The molecule has 1 aliphatic heterocycles. The van der Waals surface area contributed by atoms with Crippen LogP contribution in [0.15, 0.2) is 42.5 Å². The van der Waals surface area contributed by atoms with E-state index in [-0.39, 0.29) is 6.09 Å². The summed E-state index contributed by atoms with van der Waals surface area (Å²) in [5.41, 5.74) is 4.45. The molecule has 0 radical (unpaired) electrons. The third-order valence-electron chi connectivity index (χ3n) is 6.93. The van der Waals surface area contributed by atoms with Crippen molar-refractivity contribution >= 4 is 28.4 Å². The van der Waals surface area contributed by atoms with Gasteiger partial charge in [-0.15, -0.1) is 0 Å². The van der Waals surface area contributed by atoms with Gasteiger partial charge in [0, 0.05) is 69.5 Å². The molecule has 1 aromatic heterocycles. The quantitative estimate of drug-likeness (QED) is 0.333. The molecular weight excluding hydrogens is 506 g/mol. The van der Waals surface area contributed by atoms with Gasteiger partial charge in [-0.2, -0.15) is 0 Å². The number of benzene rings is 2. The Morgan fingerprint density at radius 1 is 0.950 bits per heavy atom. The molecule has 40 heavy (non-hydrogen) atoms. The highest BCUT2D eigenvalue weighted by Crippen LogP contribution is 2.38. The van der Waals surface area contributed by atoms with Gasteiger partial charge >= 0.3 is 6.09 Å². The van der Waals surface area contributed by atoms with Crippen molar-refractivity contribution < 1.29 is 19.0 Å². The lowest BCUT2D eigenvalue weighted by atomic mass is 10.1. The number of anilines is 2. The summed E-state index contributed by atoms with van der Waals surface area (Å²) in [6, 6.07) is 14.6. The number of aromatic nitrogens is 1. The lowest BCUT2D eigenvalue weighted by Crippen LogP contribution is -2.50. The van der Waals surface area contributed by atoms with Gasteiger partial charge in [0.2, 0.25) is 0 Å². The van der Waals surface area contributed by atoms with Crippen molar-refractivity contribution in [1.82, 2.24) is 14.9 Å². The SMILES string of the molecule is CCCN(c1cc2cc(OC)c(OC)cc2nc1-c1ccc(N2CCN(C(=O)OC(C)(C)C)CC2)cc1)N(C)C. The number of carbonyl (C=O) groups excluding carboxylic acids is 1. The first-order valence-electron chi connectivity index (χ1n) is 13.9. The number of piperazine rings is 1. The standard InChI is InChI=1S/C31H43N5O4/c1-9-14-36(33(5)6)26-19-23-20-27(38-7)28(39-8)21-25(23)32-29(26)22-10-12-24(13-11-22)34-15-17-35(18-16-34)30(37)40-31(2,3)4/h10-13,19-21H,9,14-18H2,1-8H3. The Bertz CT molecular complexity index is 1310. The number of hydrazine groups is 1. The fourth-order valence-corrected chi connectivity index (χ4v) is 4.95. The maximum absolute atomic E-state index is 12.5. The van der Waals surface area contributed by atoms with E-state index in [0.717, 1.165) is 59.6 Å². The molecule has 1 amide bonds. The van der Waals surface area contributed by atoms with Crippen molar-refractivity contribution in [3.8, 4) is 22.8 Å². The molecule has 0 spiro atoms. The Balaban J connectivity index is 1.64. The Hall–Kier alpha value is -3.72. The normalized spacial score (nSPS) is 14.0. The molecule has 9 nitrogen and oxygen atoms in total. The summed E-state index contributed by atoms with van der Waals surface area (Å²) in [6.45, 7) is 11.5. The Morgan fingerprint density at radius 3 is 2.12 bits per heavy atom. The number of rotatable bonds is 8.